The summed E-state index contributed by atoms with van der Waals surface area (Å²) in [5, 5.41) is 2.88. The van der Waals surface area contributed by atoms with Crippen LogP contribution in [0.25, 0.3) is 0 Å². The molecule has 4 nitrogen and oxygen atoms in total. The van der Waals surface area contributed by atoms with Crippen molar-refractivity contribution in [2.24, 2.45) is 0 Å². The van der Waals surface area contributed by atoms with E-state index in [0.29, 0.717) is 13.0 Å². The number of benzene rings is 3. The Labute approximate surface area is 197 Å². The van der Waals surface area contributed by atoms with Crippen molar-refractivity contribution in [3.8, 4) is 5.75 Å². The highest BCUT2D eigenvalue weighted by Gasteiger charge is 2.29. The van der Waals surface area contributed by atoms with Crippen molar-refractivity contribution in [1.82, 2.24) is 10.2 Å². The molecule has 0 bridgehead atoms. The minimum atomic E-state index is -0.481. The summed E-state index contributed by atoms with van der Waals surface area (Å²) >= 11 is 0. The first-order valence-electron chi connectivity index (χ1n) is 12.0. The van der Waals surface area contributed by atoms with Gasteiger partial charge in [0.2, 0.25) is 0 Å². The molecule has 1 N–H and O–H groups in total. The van der Waals surface area contributed by atoms with Crippen LogP contribution >= 0.6 is 0 Å². The molecule has 3 aromatic carbocycles. The third-order valence-electron chi connectivity index (χ3n) is 6.36. The second-order valence-corrected chi connectivity index (χ2v) is 8.79. The van der Waals surface area contributed by atoms with Gasteiger partial charge < -0.3 is 10.1 Å². The van der Waals surface area contributed by atoms with E-state index in [1.165, 1.54) is 27.8 Å². The Bertz CT molecular complexity index is 1060. The molecule has 1 aliphatic heterocycles. The van der Waals surface area contributed by atoms with Gasteiger partial charge in [0.25, 0.3) is 5.91 Å². The van der Waals surface area contributed by atoms with Gasteiger partial charge in [-0.1, -0.05) is 73.2 Å². The predicted molar refractivity (Wildman–Crippen MR) is 133 cm³/mol. The molecule has 0 aliphatic carbocycles. The minimum Gasteiger partial charge on any atom is -0.481 e. The molecule has 1 heterocycles. The van der Waals surface area contributed by atoms with E-state index in [0.717, 1.165) is 25.3 Å². The summed E-state index contributed by atoms with van der Waals surface area (Å²) in [6, 6.07) is 26.0. The smallest absolute Gasteiger partial charge is 0.261 e. The molecule has 1 amide bonds. The van der Waals surface area contributed by atoms with Crippen LogP contribution in [0.2, 0.25) is 0 Å². The lowest BCUT2D eigenvalue weighted by Gasteiger charge is -2.38. The summed E-state index contributed by atoms with van der Waals surface area (Å²) in [5.41, 5.74) is 6.49. The third kappa shape index (κ3) is 5.45. The summed E-state index contributed by atoms with van der Waals surface area (Å²) < 4.78 is 6.16. The average Bonchev–Trinajstić information content (AvgIpc) is 2.84. The van der Waals surface area contributed by atoms with E-state index in [2.05, 4.69) is 83.9 Å². The molecule has 0 aromatic heterocycles. The van der Waals surface area contributed by atoms with Gasteiger partial charge >= 0.3 is 0 Å². The molecular formula is C29H34N2O2. The summed E-state index contributed by atoms with van der Waals surface area (Å²) in [6.45, 7) is 8.52. The highest BCUT2D eigenvalue weighted by molar-refractivity contribution is 5.81. The van der Waals surface area contributed by atoms with Gasteiger partial charge in [-0.25, -0.2) is 0 Å². The molecule has 4 rings (SSSR count). The van der Waals surface area contributed by atoms with Gasteiger partial charge in [-0.3, -0.25) is 9.69 Å². The topological polar surface area (TPSA) is 41.6 Å². The maximum Gasteiger partial charge on any atom is 0.261 e. The zero-order valence-electron chi connectivity index (χ0n) is 19.9. The van der Waals surface area contributed by atoms with Gasteiger partial charge in [0, 0.05) is 19.6 Å². The van der Waals surface area contributed by atoms with Crippen molar-refractivity contribution in [2.75, 3.05) is 13.1 Å². The molecule has 1 aliphatic rings. The molecule has 3 aromatic rings. The summed E-state index contributed by atoms with van der Waals surface area (Å²) in [6.07, 6.45) is 1.15. The van der Waals surface area contributed by atoms with E-state index in [1.54, 1.807) is 0 Å². The molecule has 2 atom stereocenters. The SMILES string of the molecule is CCNC(=O)[C@H](CC)Oc1ccc2c(c1)[C@H](c1ccccc1)N(Cc1ccc(C)cc1)CC2. The van der Waals surface area contributed by atoms with Crippen LogP contribution in [-0.2, 0) is 17.8 Å². The van der Waals surface area contributed by atoms with Crippen molar-refractivity contribution in [3.63, 3.8) is 0 Å². The van der Waals surface area contributed by atoms with Crippen molar-refractivity contribution in [1.29, 1.82) is 0 Å². The molecule has 0 unspecified atom stereocenters. The molecule has 0 radical (unpaired) electrons. The van der Waals surface area contributed by atoms with Crippen LogP contribution in [0.4, 0.5) is 0 Å². The number of carbonyl (C=O) groups excluding carboxylic acids is 1. The first-order valence-corrected chi connectivity index (χ1v) is 12.0. The number of amides is 1. The van der Waals surface area contributed by atoms with Gasteiger partial charge in [-0.15, -0.1) is 0 Å². The standard InChI is InChI=1S/C29H34N2O2/c1-4-27(29(32)30-5-2)33-25-16-15-23-17-18-31(20-22-13-11-21(3)12-14-22)28(26(23)19-25)24-9-7-6-8-10-24/h6-16,19,27-28H,4-5,17-18,20H2,1-3H3,(H,30,32)/t27-,28-/m0/s1. The van der Waals surface area contributed by atoms with Gasteiger partial charge in [-0.2, -0.15) is 0 Å². The number of nitrogens with zero attached hydrogens (tertiary/aromatic N) is 1. The summed E-state index contributed by atoms with van der Waals surface area (Å²) in [7, 11) is 0. The average molecular weight is 443 g/mol. The highest BCUT2D eigenvalue weighted by Crippen LogP contribution is 2.38. The van der Waals surface area contributed by atoms with Crippen LogP contribution < -0.4 is 10.1 Å². The van der Waals surface area contributed by atoms with Crippen molar-refractivity contribution < 1.29 is 9.53 Å². The van der Waals surface area contributed by atoms with Gasteiger partial charge in [0.1, 0.15) is 5.75 Å². The number of aryl methyl sites for hydroxylation is 1. The fourth-order valence-electron chi connectivity index (χ4n) is 4.62. The Morgan fingerprint density at radius 2 is 1.82 bits per heavy atom. The second kappa shape index (κ2) is 10.7. The van der Waals surface area contributed by atoms with E-state index >= 15 is 0 Å². The molecule has 0 saturated heterocycles. The summed E-state index contributed by atoms with van der Waals surface area (Å²) in [4.78, 5) is 14.9. The number of hydrogen-bond donors (Lipinski definition) is 1. The Morgan fingerprint density at radius 1 is 1.06 bits per heavy atom. The number of nitrogens with one attached hydrogen (secondary N) is 1. The zero-order valence-corrected chi connectivity index (χ0v) is 19.9. The number of rotatable bonds is 8. The van der Waals surface area contributed by atoms with Gasteiger partial charge in [0.15, 0.2) is 6.10 Å². The fourth-order valence-corrected chi connectivity index (χ4v) is 4.62. The van der Waals surface area contributed by atoms with E-state index in [1.807, 2.05) is 19.9 Å². The number of carbonyl (C=O) groups is 1. The monoisotopic (exact) mass is 442 g/mol. The van der Waals surface area contributed by atoms with Crippen LogP contribution in [0.1, 0.15) is 54.1 Å². The first-order chi connectivity index (χ1) is 16.1. The van der Waals surface area contributed by atoms with Crippen LogP contribution in [0.3, 0.4) is 0 Å². The summed E-state index contributed by atoms with van der Waals surface area (Å²) in [5.74, 6) is 0.697. The highest BCUT2D eigenvalue weighted by atomic mass is 16.5. The van der Waals surface area contributed by atoms with E-state index in [-0.39, 0.29) is 11.9 Å². The van der Waals surface area contributed by atoms with E-state index < -0.39 is 6.10 Å². The molecule has 0 fully saturated rings. The normalized spacial score (nSPS) is 16.6. The predicted octanol–water partition coefficient (Wildman–Crippen LogP) is 5.44. The molecular weight excluding hydrogens is 408 g/mol. The van der Waals surface area contributed by atoms with Crippen LogP contribution in [0.15, 0.2) is 72.8 Å². The molecule has 33 heavy (non-hydrogen) atoms. The fraction of sp³-hybridized carbons (Fsp3) is 0.345. The number of ether oxygens (including phenoxy) is 1. The van der Waals surface area contributed by atoms with E-state index in [4.69, 9.17) is 4.74 Å². The molecule has 4 heteroatoms. The molecule has 0 saturated carbocycles. The molecule has 0 spiro atoms. The van der Waals surface area contributed by atoms with Crippen molar-refractivity contribution >= 4 is 5.91 Å². The van der Waals surface area contributed by atoms with Gasteiger partial charge in [0.05, 0.1) is 6.04 Å². The van der Waals surface area contributed by atoms with Gasteiger partial charge in [-0.05, 0) is 61.1 Å². The lowest BCUT2D eigenvalue weighted by molar-refractivity contribution is -0.128. The Kier molecular flexibility index (Phi) is 7.46. The molecule has 172 valence electrons. The Hall–Kier alpha value is -3.11. The number of fused-ring (bicyclic) bond motifs is 1. The van der Waals surface area contributed by atoms with Crippen LogP contribution in [-0.4, -0.2) is 30.0 Å². The zero-order chi connectivity index (χ0) is 23.2. The van der Waals surface area contributed by atoms with Crippen molar-refractivity contribution in [2.45, 2.75) is 52.3 Å². The van der Waals surface area contributed by atoms with Crippen molar-refractivity contribution in [3.05, 3.63) is 101 Å². The maximum atomic E-state index is 12.4. The first kappa shape index (κ1) is 23.1. The Balaban J connectivity index is 1.67. The third-order valence-corrected chi connectivity index (χ3v) is 6.36. The van der Waals surface area contributed by atoms with Crippen LogP contribution in [0.5, 0.6) is 5.75 Å². The van der Waals surface area contributed by atoms with Crippen LogP contribution in [0, 0.1) is 6.92 Å². The second-order valence-electron chi connectivity index (χ2n) is 8.79. The quantitative estimate of drug-likeness (QED) is 0.505. The number of hydrogen-bond acceptors (Lipinski definition) is 3. The number of likely N-dealkylation sites (N-methyl/N-ethyl adjacent to an activating group) is 1. The maximum absolute atomic E-state index is 12.4. The van der Waals surface area contributed by atoms with E-state index in [9.17, 15) is 4.79 Å². The lowest BCUT2D eigenvalue weighted by atomic mass is 9.87. The lowest BCUT2D eigenvalue weighted by Crippen LogP contribution is -2.38. The largest absolute Gasteiger partial charge is 0.481 e. The minimum absolute atomic E-state index is 0.0571. The Morgan fingerprint density at radius 3 is 2.52 bits per heavy atom.